The van der Waals surface area contributed by atoms with Gasteiger partial charge < -0.3 is 5.73 Å². The summed E-state index contributed by atoms with van der Waals surface area (Å²) in [5, 5.41) is 6.20. The first kappa shape index (κ1) is 6.95. The van der Waals surface area contributed by atoms with Crippen LogP contribution in [-0.2, 0) is 0 Å². The van der Waals surface area contributed by atoms with Crippen molar-refractivity contribution in [2.75, 3.05) is 13.1 Å². The Hall–Kier alpha value is -0.730. The van der Waals surface area contributed by atoms with E-state index in [1.165, 1.54) is 25.6 Å². The molecule has 3 nitrogen and oxygen atoms in total. The number of nitrogens with two attached hydrogens (primary N) is 1. The van der Waals surface area contributed by atoms with Gasteiger partial charge in [0.15, 0.2) is 0 Å². The van der Waals surface area contributed by atoms with Crippen molar-refractivity contribution in [2.24, 2.45) is 22.7 Å². The smallest absolute Gasteiger partial charge is 0.106 e. The Morgan fingerprint density at radius 1 is 1.27 bits per heavy atom. The maximum absolute atomic E-state index is 5.23. The van der Waals surface area contributed by atoms with Crippen molar-refractivity contribution < 1.29 is 0 Å². The lowest BCUT2D eigenvalue weighted by molar-refractivity contribution is 0.330. The largest absolute Gasteiger partial charge is 0.388 e. The van der Waals surface area contributed by atoms with Crippen LogP contribution in [0.1, 0.15) is 19.3 Å². The molecule has 2 rings (SSSR count). The van der Waals surface area contributed by atoms with Crippen molar-refractivity contribution in [2.45, 2.75) is 19.3 Å². The second kappa shape index (κ2) is 2.72. The van der Waals surface area contributed by atoms with E-state index < -0.39 is 0 Å². The van der Waals surface area contributed by atoms with Crippen molar-refractivity contribution in [3.05, 3.63) is 0 Å². The third kappa shape index (κ3) is 1.19. The third-order valence-corrected chi connectivity index (χ3v) is 2.94. The molecule has 2 N–H and O–H groups in total. The number of nitrogens with zero attached hydrogens (tertiary/aromatic N) is 2. The number of hydrogen-bond donors (Lipinski definition) is 1. The van der Waals surface area contributed by atoms with Crippen molar-refractivity contribution in [3.63, 3.8) is 0 Å². The third-order valence-electron chi connectivity index (χ3n) is 2.94. The standard InChI is InChI=1S/C8H15N3/c9-6-10-11-4-7-2-1-3-8(7)5-11/h6-8H,1-5H2,(H2,9,10). The first-order chi connectivity index (χ1) is 5.40. The Bertz CT molecular complexity index is 155. The zero-order chi connectivity index (χ0) is 7.68. The van der Waals surface area contributed by atoms with Gasteiger partial charge in [0.2, 0.25) is 0 Å². The molecule has 0 aromatic rings. The lowest BCUT2D eigenvalue weighted by atomic mass is 10.0. The average molecular weight is 153 g/mol. The molecule has 2 unspecified atom stereocenters. The van der Waals surface area contributed by atoms with E-state index in [1.54, 1.807) is 0 Å². The van der Waals surface area contributed by atoms with Crippen LogP contribution >= 0.6 is 0 Å². The second-order valence-electron chi connectivity index (χ2n) is 3.59. The number of rotatable bonds is 1. The van der Waals surface area contributed by atoms with Crippen LogP contribution in [0, 0.1) is 11.8 Å². The van der Waals surface area contributed by atoms with E-state index in [4.69, 9.17) is 5.73 Å². The second-order valence-corrected chi connectivity index (χ2v) is 3.59. The van der Waals surface area contributed by atoms with Gasteiger partial charge in [-0.15, -0.1) is 0 Å². The molecule has 0 aromatic carbocycles. The fraction of sp³-hybridized carbons (Fsp3) is 0.875. The molecule has 1 aliphatic heterocycles. The maximum Gasteiger partial charge on any atom is 0.106 e. The lowest BCUT2D eigenvalue weighted by Crippen LogP contribution is -2.16. The van der Waals surface area contributed by atoms with Gasteiger partial charge >= 0.3 is 0 Å². The van der Waals surface area contributed by atoms with Crippen molar-refractivity contribution in [3.8, 4) is 0 Å². The summed E-state index contributed by atoms with van der Waals surface area (Å²) < 4.78 is 0. The summed E-state index contributed by atoms with van der Waals surface area (Å²) >= 11 is 0. The highest BCUT2D eigenvalue weighted by molar-refractivity contribution is 5.50. The van der Waals surface area contributed by atoms with E-state index >= 15 is 0 Å². The molecule has 11 heavy (non-hydrogen) atoms. The molecule has 3 heteroatoms. The summed E-state index contributed by atoms with van der Waals surface area (Å²) in [6.07, 6.45) is 5.64. The monoisotopic (exact) mass is 153 g/mol. The van der Waals surface area contributed by atoms with Gasteiger partial charge in [0.1, 0.15) is 6.34 Å². The highest BCUT2D eigenvalue weighted by Gasteiger charge is 2.35. The van der Waals surface area contributed by atoms with Gasteiger partial charge in [-0.1, -0.05) is 6.42 Å². The molecule has 2 fully saturated rings. The van der Waals surface area contributed by atoms with Crippen molar-refractivity contribution >= 4 is 6.34 Å². The minimum Gasteiger partial charge on any atom is -0.388 e. The average Bonchev–Trinajstić information content (AvgIpc) is 2.46. The molecular formula is C8H15N3. The summed E-state index contributed by atoms with van der Waals surface area (Å²) in [5.74, 6) is 1.83. The van der Waals surface area contributed by atoms with E-state index in [-0.39, 0.29) is 0 Å². The van der Waals surface area contributed by atoms with Gasteiger partial charge in [-0.2, -0.15) is 5.10 Å². The minimum absolute atomic E-state index is 0.915. The van der Waals surface area contributed by atoms with Crippen LogP contribution in [-0.4, -0.2) is 24.4 Å². The summed E-state index contributed by atoms with van der Waals surface area (Å²) in [7, 11) is 0. The van der Waals surface area contributed by atoms with Gasteiger partial charge in [-0.05, 0) is 24.7 Å². The molecule has 0 radical (unpaired) electrons. The molecule has 0 spiro atoms. The summed E-state index contributed by atoms with van der Waals surface area (Å²) in [6, 6.07) is 0. The number of fused-ring (bicyclic) bond motifs is 1. The number of hydrogen-bond acceptors (Lipinski definition) is 2. The fourth-order valence-corrected chi connectivity index (χ4v) is 2.40. The zero-order valence-electron chi connectivity index (χ0n) is 6.74. The van der Waals surface area contributed by atoms with Crippen LogP contribution in [0.5, 0.6) is 0 Å². The first-order valence-corrected chi connectivity index (χ1v) is 4.39. The number of hydrazone groups is 1. The normalized spacial score (nSPS) is 36.9. The molecule has 2 aliphatic rings. The van der Waals surface area contributed by atoms with Gasteiger partial charge in [-0.25, -0.2) is 0 Å². The molecule has 0 amide bonds. The molecule has 1 aliphatic carbocycles. The predicted molar refractivity (Wildman–Crippen MR) is 45.1 cm³/mol. The summed E-state index contributed by atoms with van der Waals surface area (Å²) in [4.78, 5) is 0. The minimum atomic E-state index is 0.915. The molecule has 62 valence electrons. The topological polar surface area (TPSA) is 41.6 Å². The Labute approximate surface area is 67.2 Å². The van der Waals surface area contributed by atoms with Crippen LogP contribution in [0.2, 0.25) is 0 Å². The quantitative estimate of drug-likeness (QED) is 0.443. The van der Waals surface area contributed by atoms with Crippen molar-refractivity contribution in [1.82, 2.24) is 5.01 Å². The zero-order valence-corrected chi connectivity index (χ0v) is 6.74. The van der Waals surface area contributed by atoms with E-state index in [9.17, 15) is 0 Å². The predicted octanol–water partition coefficient (Wildman–Crippen LogP) is 0.620. The highest BCUT2D eigenvalue weighted by Crippen LogP contribution is 2.37. The van der Waals surface area contributed by atoms with Crippen molar-refractivity contribution in [1.29, 1.82) is 0 Å². The fourth-order valence-electron chi connectivity index (χ4n) is 2.40. The van der Waals surface area contributed by atoms with Crippen LogP contribution in [0.4, 0.5) is 0 Å². The van der Waals surface area contributed by atoms with Gasteiger partial charge in [0, 0.05) is 13.1 Å². The molecule has 1 saturated heterocycles. The van der Waals surface area contributed by atoms with Gasteiger partial charge in [-0.3, -0.25) is 5.01 Å². The molecular weight excluding hydrogens is 138 g/mol. The van der Waals surface area contributed by atoms with E-state index in [2.05, 4.69) is 10.1 Å². The lowest BCUT2D eigenvalue weighted by Gasteiger charge is -2.10. The Morgan fingerprint density at radius 3 is 2.45 bits per heavy atom. The summed E-state index contributed by atoms with van der Waals surface area (Å²) in [6.45, 7) is 2.27. The van der Waals surface area contributed by atoms with Gasteiger partial charge in [0.05, 0.1) is 0 Å². The SMILES string of the molecule is N/C=N/N1CC2CCCC2C1. The Kier molecular flexibility index (Phi) is 1.72. The van der Waals surface area contributed by atoms with Gasteiger partial charge in [0.25, 0.3) is 0 Å². The van der Waals surface area contributed by atoms with E-state index in [1.807, 2.05) is 0 Å². The van der Waals surface area contributed by atoms with Crippen LogP contribution in [0.25, 0.3) is 0 Å². The molecule has 1 saturated carbocycles. The van der Waals surface area contributed by atoms with E-state index in [0.717, 1.165) is 24.9 Å². The highest BCUT2D eigenvalue weighted by atomic mass is 15.5. The molecule has 1 heterocycles. The summed E-state index contributed by atoms with van der Waals surface area (Å²) in [5.41, 5.74) is 5.23. The van der Waals surface area contributed by atoms with Crippen LogP contribution in [0.15, 0.2) is 5.10 Å². The molecule has 0 aromatic heterocycles. The Balaban J connectivity index is 1.94. The molecule has 0 bridgehead atoms. The first-order valence-electron chi connectivity index (χ1n) is 4.39. The maximum atomic E-state index is 5.23. The van der Waals surface area contributed by atoms with E-state index in [0.29, 0.717) is 0 Å². The molecule has 2 atom stereocenters. The van der Waals surface area contributed by atoms with Crippen LogP contribution in [0.3, 0.4) is 0 Å². The Morgan fingerprint density at radius 2 is 1.91 bits per heavy atom. The van der Waals surface area contributed by atoms with Crippen LogP contribution < -0.4 is 5.73 Å².